The minimum absolute atomic E-state index is 0.0336. The third kappa shape index (κ3) is 31.8. The van der Waals surface area contributed by atoms with Gasteiger partial charge in [0.2, 0.25) is 0 Å². The summed E-state index contributed by atoms with van der Waals surface area (Å²) < 4.78 is 59.1. The van der Waals surface area contributed by atoms with Crippen molar-refractivity contribution in [3.63, 3.8) is 0 Å². The normalized spacial score (nSPS) is 20.7. The van der Waals surface area contributed by atoms with Crippen molar-refractivity contribution in [2.24, 2.45) is 0 Å². The SMILES string of the molecule is CC/C=C\C/C=C\C/C=C\C/C=C\CCCCCCCCCCC(=O)OC(COCCCCCCCCCCCCCC)COC1OC(CO)C(O)C(OS(=O)(=O)O)C1O. The van der Waals surface area contributed by atoms with Crippen molar-refractivity contribution >= 4 is 16.4 Å². The van der Waals surface area contributed by atoms with Crippen LogP contribution in [0.25, 0.3) is 0 Å². The van der Waals surface area contributed by atoms with Gasteiger partial charge in [-0.3, -0.25) is 9.35 Å². The van der Waals surface area contributed by atoms with E-state index in [2.05, 4.69) is 66.6 Å². The number of rotatable bonds is 40. The first-order valence-corrected chi connectivity index (χ1v) is 24.8. The lowest BCUT2D eigenvalue weighted by Crippen LogP contribution is -2.60. The van der Waals surface area contributed by atoms with Crippen LogP contribution in [0, 0.1) is 0 Å². The molecule has 1 heterocycles. The number of hydrogen-bond acceptors (Lipinski definition) is 11. The first-order chi connectivity index (χ1) is 29.1. The molecule has 0 bridgehead atoms. The highest BCUT2D eigenvalue weighted by atomic mass is 32.3. The summed E-state index contributed by atoms with van der Waals surface area (Å²) >= 11 is 0. The van der Waals surface area contributed by atoms with E-state index in [1.165, 1.54) is 83.5 Å². The molecule has 0 spiro atoms. The number of aliphatic hydroxyl groups excluding tert-OH is 3. The highest BCUT2D eigenvalue weighted by molar-refractivity contribution is 7.80. The zero-order valence-corrected chi connectivity index (χ0v) is 38.1. The smallest absolute Gasteiger partial charge is 0.397 e. The monoisotopic (exact) mass is 873 g/mol. The molecule has 1 saturated heterocycles. The first kappa shape index (κ1) is 56.1. The Hall–Kier alpha value is -1.94. The van der Waals surface area contributed by atoms with Crippen LogP contribution in [0.4, 0.5) is 0 Å². The topological polar surface area (TPSA) is 178 Å². The highest BCUT2D eigenvalue weighted by Gasteiger charge is 2.48. The lowest BCUT2D eigenvalue weighted by Gasteiger charge is -2.41. The van der Waals surface area contributed by atoms with Gasteiger partial charge in [0.15, 0.2) is 6.29 Å². The Labute approximate surface area is 364 Å². The number of unbranched alkanes of at least 4 members (excludes halogenated alkanes) is 19. The second-order valence-corrected chi connectivity index (χ2v) is 17.0. The summed E-state index contributed by atoms with van der Waals surface area (Å²) in [6.45, 7) is 3.87. The number of ether oxygens (including phenoxy) is 4. The largest absolute Gasteiger partial charge is 0.457 e. The summed E-state index contributed by atoms with van der Waals surface area (Å²) in [7, 11) is -5.06. The van der Waals surface area contributed by atoms with Crippen LogP contribution in [0.1, 0.15) is 181 Å². The van der Waals surface area contributed by atoms with Gasteiger partial charge in [-0.2, -0.15) is 8.42 Å². The number of carbonyl (C=O) groups is 1. The van der Waals surface area contributed by atoms with Crippen molar-refractivity contribution in [3.05, 3.63) is 48.6 Å². The summed E-state index contributed by atoms with van der Waals surface area (Å²) in [5.41, 5.74) is 0. The molecule has 4 N–H and O–H groups in total. The Balaban J connectivity index is 2.39. The van der Waals surface area contributed by atoms with Crippen LogP contribution in [-0.4, -0.2) is 97.5 Å². The summed E-state index contributed by atoms with van der Waals surface area (Å²) in [6, 6.07) is 0. The minimum Gasteiger partial charge on any atom is -0.457 e. The van der Waals surface area contributed by atoms with E-state index in [9.17, 15) is 28.5 Å². The van der Waals surface area contributed by atoms with E-state index < -0.39 is 59.8 Å². The number of aliphatic hydroxyl groups is 3. The molecular weight excluding hydrogens is 789 g/mol. The predicted molar refractivity (Wildman–Crippen MR) is 239 cm³/mol. The molecule has 0 aromatic heterocycles. The predicted octanol–water partition coefficient (Wildman–Crippen LogP) is 9.97. The van der Waals surface area contributed by atoms with Crippen molar-refractivity contribution in [3.8, 4) is 0 Å². The molecule has 0 saturated carbocycles. The van der Waals surface area contributed by atoms with Crippen LogP contribution >= 0.6 is 0 Å². The van der Waals surface area contributed by atoms with Crippen molar-refractivity contribution < 1.29 is 56.2 Å². The zero-order valence-electron chi connectivity index (χ0n) is 37.3. The molecule has 1 aliphatic heterocycles. The first-order valence-electron chi connectivity index (χ1n) is 23.4. The van der Waals surface area contributed by atoms with E-state index in [0.29, 0.717) is 13.0 Å². The molecule has 6 atom stereocenters. The molecule has 0 aromatic rings. The maximum Gasteiger partial charge on any atom is 0.397 e. The second-order valence-electron chi connectivity index (χ2n) is 16.0. The van der Waals surface area contributed by atoms with Gasteiger partial charge in [-0.25, -0.2) is 4.18 Å². The molecule has 0 radical (unpaired) electrons. The number of carbonyl (C=O) groups excluding carboxylic acids is 1. The molecular formula is C47H84O12S. The maximum atomic E-state index is 12.9. The average molecular weight is 873 g/mol. The Kier molecular flexibility index (Phi) is 36.2. The van der Waals surface area contributed by atoms with Gasteiger partial charge in [0.05, 0.1) is 19.8 Å². The second kappa shape index (κ2) is 38.7. The van der Waals surface area contributed by atoms with Crippen LogP contribution in [0.5, 0.6) is 0 Å². The van der Waals surface area contributed by atoms with Crippen molar-refractivity contribution in [2.45, 2.75) is 218 Å². The molecule has 1 aliphatic rings. The van der Waals surface area contributed by atoms with Gasteiger partial charge in [-0.15, -0.1) is 0 Å². The minimum atomic E-state index is -5.06. The summed E-state index contributed by atoms with van der Waals surface area (Å²) in [4.78, 5) is 12.9. The van der Waals surface area contributed by atoms with Gasteiger partial charge in [-0.05, 0) is 51.4 Å². The van der Waals surface area contributed by atoms with Gasteiger partial charge in [0.25, 0.3) is 0 Å². The molecule has 6 unspecified atom stereocenters. The fourth-order valence-electron chi connectivity index (χ4n) is 6.96. The number of allylic oxidation sites excluding steroid dienone is 8. The third-order valence-corrected chi connectivity index (χ3v) is 10.9. The summed E-state index contributed by atoms with van der Waals surface area (Å²) in [6.07, 6.45) is 37.1. The molecule has 350 valence electrons. The van der Waals surface area contributed by atoms with Gasteiger partial charge < -0.3 is 34.3 Å². The average Bonchev–Trinajstić information content (AvgIpc) is 3.22. The van der Waals surface area contributed by atoms with Gasteiger partial charge >= 0.3 is 16.4 Å². The quantitative estimate of drug-likeness (QED) is 0.0199. The van der Waals surface area contributed by atoms with Crippen molar-refractivity contribution in [1.82, 2.24) is 0 Å². The molecule has 0 aromatic carbocycles. The van der Waals surface area contributed by atoms with E-state index in [-0.39, 0.29) is 19.6 Å². The Morgan fingerprint density at radius 2 is 1.15 bits per heavy atom. The Morgan fingerprint density at radius 3 is 1.68 bits per heavy atom. The van der Waals surface area contributed by atoms with Gasteiger partial charge in [-0.1, -0.05) is 172 Å². The fourth-order valence-corrected chi connectivity index (χ4v) is 7.47. The standard InChI is InChI=1S/C47H84O12S/c1-3-5-7-9-11-13-15-17-18-19-20-21-22-23-24-25-26-28-30-32-34-36-43(49)57-41(39-55-37-35-33-31-29-27-16-14-12-10-8-6-4-2)40-56-47-45(51)46(59-60(52,53)54)44(50)42(38-48)58-47/h5,7,11,13,17-18,20-21,41-42,44-48,50-51H,3-4,6,8-10,12,14-16,19,22-40H2,1-2H3,(H,52,53,54)/b7-5-,13-11-,18-17-,21-20-. The lowest BCUT2D eigenvalue weighted by atomic mass is 9.99. The Morgan fingerprint density at radius 1 is 0.650 bits per heavy atom. The van der Waals surface area contributed by atoms with E-state index in [1.54, 1.807) is 0 Å². The molecule has 1 fully saturated rings. The molecule has 60 heavy (non-hydrogen) atoms. The highest BCUT2D eigenvalue weighted by Crippen LogP contribution is 2.26. The number of hydrogen-bond donors (Lipinski definition) is 4. The van der Waals surface area contributed by atoms with Crippen LogP contribution in [0.15, 0.2) is 48.6 Å². The van der Waals surface area contributed by atoms with Gasteiger partial charge in [0, 0.05) is 13.0 Å². The Bertz CT molecular complexity index is 1240. The van der Waals surface area contributed by atoms with E-state index in [0.717, 1.165) is 70.6 Å². The van der Waals surface area contributed by atoms with Crippen LogP contribution < -0.4 is 0 Å². The summed E-state index contributed by atoms with van der Waals surface area (Å²) in [5.74, 6) is -0.408. The van der Waals surface area contributed by atoms with E-state index in [1.807, 2.05) is 0 Å². The molecule has 12 nitrogen and oxygen atoms in total. The molecule has 0 amide bonds. The fraction of sp³-hybridized carbons (Fsp3) is 0.809. The maximum absolute atomic E-state index is 12.9. The molecule has 1 rings (SSSR count). The van der Waals surface area contributed by atoms with E-state index >= 15 is 0 Å². The van der Waals surface area contributed by atoms with Crippen molar-refractivity contribution in [2.75, 3.05) is 26.4 Å². The molecule has 13 heteroatoms. The van der Waals surface area contributed by atoms with Gasteiger partial charge in [0.1, 0.15) is 30.5 Å². The number of esters is 1. The summed E-state index contributed by atoms with van der Waals surface area (Å²) in [5, 5.41) is 30.7. The van der Waals surface area contributed by atoms with Crippen LogP contribution in [0.3, 0.4) is 0 Å². The van der Waals surface area contributed by atoms with E-state index in [4.69, 9.17) is 23.5 Å². The van der Waals surface area contributed by atoms with Crippen LogP contribution in [-0.2, 0) is 38.3 Å². The third-order valence-electron chi connectivity index (χ3n) is 10.5. The lowest BCUT2D eigenvalue weighted by molar-refractivity contribution is -0.301. The van der Waals surface area contributed by atoms with Crippen molar-refractivity contribution in [1.29, 1.82) is 0 Å². The zero-order chi connectivity index (χ0) is 43.9. The van der Waals surface area contributed by atoms with Crippen LogP contribution in [0.2, 0.25) is 0 Å². The molecule has 0 aliphatic carbocycles.